The molecule has 1 fully saturated rings. The van der Waals surface area contributed by atoms with E-state index in [0.717, 1.165) is 30.5 Å². The van der Waals surface area contributed by atoms with Crippen LogP contribution in [-0.4, -0.2) is 63.3 Å². The number of alkyl carbamates (subject to hydrolysis) is 1. The van der Waals surface area contributed by atoms with Gasteiger partial charge in [-0.1, -0.05) is 28.3 Å². The quantitative estimate of drug-likeness (QED) is 0.124. The smallest absolute Gasteiger partial charge is 0.407 e. The number of nitrogens with zero attached hydrogens (tertiary/aromatic N) is 4. The summed E-state index contributed by atoms with van der Waals surface area (Å²) in [6.45, 7) is 7.51. The molecule has 43 heavy (non-hydrogen) atoms. The second-order valence-corrected chi connectivity index (χ2v) is 14.4. The Labute approximate surface area is 262 Å². The number of ether oxygens (including phenoxy) is 2. The molecule has 0 bridgehead atoms. The Balaban J connectivity index is 1.48. The Morgan fingerprint density at radius 1 is 1.19 bits per heavy atom. The van der Waals surface area contributed by atoms with Gasteiger partial charge in [-0.05, 0) is 107 Å². The largest absolute Gasteiger partial charge is 0.484 e. The van der Waals surface area contributed by atoms with Gasteiger partial charge in [0, 0.05) is 46.2 Å². The van der Waals surface area contributed by atoms with E-state index in [9.17, 15) is 13.2 Å². The van der Waals surface area contributed by atoms with E-state index < -0.39 is 27.8 Å². The van der Waals surface area contributed by atoms with Crippen molar-refractivity contribution in [3.05, 3.63) is 68.0 Å². The minimum atomic E-state index is -3.71. The Kier molecular flexibility index (Phi) is 11.1. The fraction of sp³-hybridized carbons (Fsp3) is 0.552. The van der Waals surface area contributed by atoms with Gasteiger partial charge in [0.2, 0.25) is 10.0 Å². The van der Waals surface area contributed by atoms with E-state index in [2.05, 4.69) is 25.0 Å². The highest BCUT2D eigenvalue weighted by Crippen LogP contribution is 2.43. The van der Waals surface area contributed by atoms with Crippen LogP contribution in [0.25, 0.3) is 10.4 Å². The summed E-state index contributed by atoms with van der Waals surface area (Å²) in [4.78, 5) is 17.6. The molecule has 2 aromatic rings. The number of hydrogen-bond donors (Lipinski definition) is 2. The highest BCUT2D eigenvalue weighted by molar-refractivity contribution is 7.89. The molecule has 234 valence electrons. The lowest BCUT2D eigenvalue weighted by Crippen LogP contribution is -2.53. The average Bonchev–Trinajstić information content (AvgIpc) is 3.28. The van der Waals surface area contributed by atoms with Gasteiger partial charge in [0.05, 0.1) is 10.9 Å². The van der Waals surface area contributed by atoms with E-state index >= 15 is 0 Å². The minimum absolute atomic E-state index is 0.0790. The predicted molar refractivity (Wildman–Crippen MR) is 166 cm³/mol. The molecule has 0 saturated carbocycles. The van der Waals surface area contributed by atoms with Crippen molar-refractivity contribution in [3.8, 4) is 5.75 Å². The fourth-order valence-corrected chi connectivity index (χ4v) is 7.12. The zero-order chi connectivity index (χ0) is 31.2. The van der Waals surface area contributed by atoms with E-state index in [-0.39, 0.29) is 23.5 Å². The molecule has 2 N–H and O–H groups in total. The first-order valence-electron chi connectivity index (χ1n) is 14.3. The summed E-state index contributed by atoms with van der Waals surface area (Å²) in [5.74, 6) is 0.507. The van der Waals surface area contributed by atoms with Crippen molar-refractivity contribution in [1.29, 1.82) is 0 Å². The molecular weight excluding hydrogens is 615 g/mol. The molecular formula is C29H38Cl2N6O5S. The molecule has 0 unspecified atom stereocenters. The Morgan fingerprint density at radius 3 is 2.63 bits per heavy atom. The number of rotatable bonds is 11. The topological polar surface area (TPSA) is 146 Å². The Hall–Kier alpha value is -2.73. The monoisotopic (exact) mass is 652 g/mol. The Bertz CT molecular complexity index is 1440. The van der Waals surface area contributed by atoms with E-state index in [1.54, 1.807) is 18.2 Å². The first-order valence-corrected chi connectivity index (χ1v) is 16.6. The molecule has 1 amide bonds. The van der Waals surface area contributed by atoms with Crippen molar-refractivity contribution < 1.29 is 22.7 Å². The second kappa shape index (κ2) is 14.4. The summed E-state index contributed by atoms with van der Waals surface area (Å²) >= 11 is 13.0. The van der Waals surface area contributed by atoms with Gasteiger partial charge in [0.15, 0.2) is 0 Å². The average molecular weight is 654 g/mol. The van der Waals surface area contributed by atoms with E-state index in [0.29, 0.717) is 48.1 Å². The van der Waals surface area contributed by atoms with Crippen LogP contribution < -0.4 is 14.8 Å². The number of hydrogen-bond acceptors (Lipinski definition) is 7. The predicted octanol–water partition coefficient (Wildman–Crippen LogP) is 6.40. The third kappa shape index (κ3) is 9.14. The highest BCUT2D eigenvalue weighted by Gasteiger charge is 2.41. The van der Waals surface area contributed by atoms with Gasteiger partial charge in [-0.15, -0.1) is 0 Å². The number of unbranched alkanes of at least 4 members (excludes halogenated alkanes) is 1. The number of piperidine rings is 1. The van der Waals surface area contributed by atoms with Crippen LogP contribution in [0.15, 0.2) is 46.4 Å². The SMILES string of the molecule is CC(C)(C)OC(=O)N[C@@H]1CCCN([C@H]2Cc3c(Cl)cc(Cl)cc3[C@@H]2Oc2ccc(S(=O)(=O)NCCCCN=[N+]=[N-])cc2)C1. The van der Waals surface area contributed by atoms with Gasteiger partial charge in [-0.25, -0.2) is 17.9 Å². The normalized spacial score (nSPS) is 20.6. The number of sulfonamides is 1. The maximum Gasteiger partial charge on any atom is 0.407 e. The number of carbonyl (C=O) groups excluding carboxylic acids is 1. The molecule has 11 nitrogen and oxygen atoms in total. The van der Waals surface area contributed by atoms with Crippen LogP contribution in [-0.2, 0) is 21.2 Å². The molecule has 3 atom stereocenters. The van der Waals surface area contributed by atoms with Gasteiger partial charge in [-0.3, -0.25) is 4.90 Å². The molecule has 2 aliphatic rings. The summed E-state index contributed by atoms with van der Waals surface area (Å²) in [7, 11) is -3.71. The van der Waals surface area contributed by atoms with E-state index in [1.807, 2.05) is 26.8 Å². The number of halogens is 2. The van der Waals surface area contributed by atoms with Crippen LogP contribution in [0.5, 0.6) is 5.75 Å². The lowest BCUT2D eigenvalue weighted by Gasteiger charge is -2.39. The Morgan fingerprint density at radius 2 is 1.93 bits per heavy atom. The summed E-state index contributed by atoms with van der Waals surface area (Å²) in [6.07, 6.45) is 2.66. The van der Waals surface area contributed by atoms with Crippen molar-refractivity contribution in [2.24, 2.45) is 5.11 Å². The zero-order valence-corrected chi connectivity index (χ0v) is 26.9. The molecule has 0 aromatic heterocycles. The van der Waals surface area contributed by atoms with Crippen molar-refractivity contribution in [1.82, 2.24) is 14.9 Å². The van der Waals surface area contributed by atoms with Crippen molar-refractivity contribution in [2.45, 2.75) is 81.6 Å². The second-order valence-electron chi connectivity index (χ2n) is 11.8. The molecule has 4 rings (SSSR count). The summed E-state index contributed by atoms with van der Waals surface area (Å²) in [5.41, 5.74) is 9.61. The van der Waals surface area contributed by atoms with Crippen LogP contribution in [0.3, 0.4) is 0 Å². The van der Waals surface area contributed by atoms with Gasteiger partial charge in [-0.2, -0.15) is 0 Å². The number of benzene rings is 2. The maximum atomic E-state index is 12.7. The number of likely N-dealkylation sites (tertiary alicyclic amines) is 1. The zero-order valence-electron chi connectivity index (χ0n) is 24.6. The van der Waals surface area contributed by atoms with Crippen LogP contribution in [0.4, 0.5) is 4.79 Å². The molecule has 14 heteroatoms. The molecule has 1 aliphatic heterocycles. The van der Waals surface area contributed by atoms with Gasteiger partial charge < -0.3 is 14.8 Å². The lowest BCUT2D eigenvalue weighted by molar-refractivity contribution is 0.0362. The molecule has 2 aromatic carbocycles. The lowest BCUT2D eigenvalue weighted by atomic mass is 10.0. The van der Waals surface area contributed by atoms with Crippen molar-refractivity contribution >= 4 is 39.3 Å². The third-order valence-electron chi connectivity index (χ3n) is 7.34. The van der Waals surface area contributed by atoms with Crippen LogP contribution in [0, 0.1) is 0 Å². The number of amides is 1. The first kappa shape index (κ1) is 33.2. The number of azide groups is 1. The number of fused-ring (bicyclic) bond motifs is 1. The van der Waals surface area contributed by atoms with Gasteiger partial charge in [0.25, 0.3) is 0 Å². The molecule has 1 heterocycles. The van der Waals surface area contributed by atoms with Gasteiger partial charge >= 0.3 is 6.09 Å². The minimum Gasteiger partial charge on any atom is -0.484 e. The maximum absolute atomic E-state index is 12.7. The van der Waals surface area contributed by atoms with Crippen molar-refractivity contribution in [2.75, 3.05) is 26.2 Å². The standard InChI is InChI=1S/C29H38Cl2N6O5S/c1-29(2,3)42-28(38)35-20-7-6-14-37(18-20)26-17-23-24(15-19(30)16-25(23)31)27(26)41-21-8-10-22(11-9-21)43(39,40)34-13-5-4-12-33-36-32/h8-11,15-16,20,26-27,34H,4-7,12-14,17-18H2,1-3H3,(H,35,38)/t20-,26+,27+/m1/s1. The summed E-state index contributed by atoms with van der Waals surface area (Å²) < 4.78 is 40.1. The third-order valence-corrected chi connectivity index (χ3v) is 9.38. The fourth-order valence-electron chi connectivity index (χ4n) is 5.46. The van der Waals surface area contributed by atoms with Crippen LogP contribution in [0.2, 0.25) is 10.0 Å². The summed E-state index contributed by atoms with van der Waals surface area (Å²) in [5, 5.41) is 7.54. The summed E-state index contributed by atoms with van der Waals surface area (Å²) in [6, 6.07) is 9.74. The van der Waals surface area contributed by atoms with E-state index in [1.165, 1.54) is 12.1 Å². The first-order chi connectivity index (χ1) is 20.4. The number of carbonyl (C=O) groups is 1. The molecule has 0 radical (unpaired) electrons. The highest BCUT2D eigenvalue weighted by atomic mass is 35.5. The number of nitrogens with one attached hydrogen (secondary N) is 2. The molecule has 1 saturated heterocycles. The molecule has 1 aliphatic carbocycles. The van der Waals surface area contributed by atoms with E-state index in [4.69, 9.17) is 38.2 Å². The molecule has 0 spiro atoms. The van der Waals surface area contributed by atoms with Crippen LogP contribution in [0.1, 0.15) is 63.7 Å². The van der Waals surface area contributed by atoms with Gasteiger partial charge in [0.1, 0.15) is 17.5 Å². The van der Waals surface area contributed by atoms with Crippen LogP contribution >= 0.6 is 23.2 Å². The van der Waals surface area contributed by atoms with Crippen molar-refractivity contribution in [3.63, 3.8) is 0 Å².